The molecule has 1 aromatic carbocycles. The van der Waals surface area contributed by atoms with Crippen LogP contribution in [0.3, 0.4) is 0 Å². The first-order valence-electron chi connectivity index (χ1n) is 8.90. The van der Waals surface area contributed by atoms with Crippen molar-refractivity contribution in [2.75, 3.05) is 5.32 Å². The number of nitrogens with zero attached hydrogens (tertiary/aromatic N) is 4. The number of alkyl halides is 6. The van der Waals surface area contributed by atoms with Crippen LogP contribution in [0.1, 0.15) is 38.7 Å². The third kappa shape index (κ3) is 4.72. The smallest absolute Gasteiger partial charge is 0.317 e. The van der Waals surface area contributed by atoms with Gasteiger partial charge >= 0.3 is 12.4 Å². The molecule has 1 N–H and O–H groups in total. The number of rotatable bonds is 4. The van der Waals surface area contributed by atoms with Crippen molar-refractivity contribution in [3.05, 3.63) is 64.2 Å². The van der Waals surface area contributed by atoms with Crippen molar-refractivity contribution in [3.8, 4) is 0 Å². The van der Waals surface area contributed by atoms with E-state index >= 15 is 0 Å². The first-order valence-corrected chi connectivity index (χ1v) is 8.90. The lowest BCUT2D eigenvalue weighted by Crippen LogP contribution is -2.14. The van der Waals surface area contributed by atoms with E-state index < -0.39 is 35.2 Å². The fourth-order valence-corrected chi connectivity index (χ4v) is 3.07. The van der Waals surface area contributed by atoms with Gasteiger partial charge in [0.15, 0.2) is 5.69 Å². The number of benzene rings is 1. The Morgan fingerprint density at radius 1 is 1.03 bits per heavy atom. The van der Waals surface area contributed by atoms with Gasteiger partial charge in [0.1, 0.15) is 5.69 Å². The first kappa shape index (κ1) is 22.4. The molecule has 0 atom stereocenters. The molecule has 3 aromatic rings. The van der Waals surface area contributed by atoms with Gasteiger partial charge in [-0.3, -0.25) is 14.2 Å². The van der Waals surface area contributed by atoms with E-state index in [1.165, 1.54) is 16.8 Å². The summed E-state index contributed by atoms with van der Waals surface area (Å²) in [4.78, 5) is 12.4. The molecule has 31 heavy (non-hydrogen) atoms. The fourth-order valence-electron chi connectivity index (χ4n) is 3.07. The minimum atomic E-state index is -4.66. The molecule has 0 aliphatic carbocycles. The van der Waals surface area contributed by atoms with Crippen LogP contribution < -0.4 is 5.32 Å². The Morgan fingerprint density at radius 3 is 2.29 bits per heavy atom. The Kier molecular flexibility index (Phi) is 5.59. The summed E-state index contributed by atoms with van der Waals surface area (Å²) in [5.74, 6) is -0.865. The molecule has 0 aliphatic rings. The van der Waals surface area contributed by atoms with E-state index in [4.69, 9.17) is 0 Å². The summed E-state index contributed by atoms with van der Waals surface area (Å²) in [6, 6.07) is 5.38. The molecule has 0 aliphatic heterocycles. The maximum Gasteiger partial charge on any atom is 0.433 e. The molecule has 0 fully saturated rings. The summed E-state index contributed by atoms with van der Waals surface area (Å²) in [7, 11) is 1.07. The summed E-state index contributed by atoms with van der Waals surface area (Å²) in [5.41, 5.74) is -0.935. The van der Waals surface area contributed by atoms with Crippen molar-refractivity contribution in [2.24, 2.45) is 7.05 Å². The second kappa shape index (κ2) is 7.75. The highest BCUT2D eigenvalue weighted by molar-refractivity contribution is 6.03. The summed E-state index contributed by atoms with van der Waals surface area (Å²) in [6.45, 7) is 3.15. The van der Waals surface area contributed by atoms with E-state index in [2.05, 4.69) is 15.5 Å². The Balaban J connectivity index is 1.83. The summed E-state index contributed by atoms with van der Waals surface area (Å²) < 4.78 is 79.5. The molecule has 0 unspecified atom stereocenters. The topological polar surface area (TPSA) is 64.7 Å². The largest absolute Gasteiger partial charge is 0.433 e. The Morgan fingerprint density at radius 2 is 1.71 bits per heavy atom. The van der Waals surface area contributed by atoms with E-state index in [0.717, 1.165) is 19.2 Å². The van der Waals surface area contributed by atoms with Gasteiger partial charge in [0.05, 0.1) is 29.2 Å². The van der Waals surface area contributed by atoms with Crippen molar-refractivity contribution in [1.29, 1.82) is 0 Å². The molecule has 0 spiro atoms. The molecule has 1 amide bonds. The average molecular weight is 445 g/mol. The fraction of sp³-hybridized carbons (Fsp3) is 0.316. The molecule has 0 saturated carbocycles. The predicted molar refractivity (Wildman–Crippen MR) is 98.4 cm³/mol. The van der Waals surface area contributed by atoms with Crippen LogP contribution in [0, 0.1) is 13.8 Å². The van der Waals surface area contributed by atoms with E-state index in [1.54, 1.807) is 13.8 Å². The van der Waals surface area contributed by atoms with Crippen LogP contribution >= 0.6 is 0 Å². The van der Waals surface area contributed by atoms with Gasteiger partial charge in [-0.1, -0.05) is 12.1 Å². The van der Waals surface area contributed by atoms with Crippen molar-refractivity contribution in [1.82, 2.24) is 19.6 Å². The third-order valence-corrected chi connectivity index (χ3v) is 4.61. The second-order valence-corrected chi connectivity index (χ2v) is 6.89. The maximum atomic E-state index is 12.9. The molecular weight excluding hydrogens is 428 g/mol. The van der Waals surface area contributed by atoms with Crippen LogP contribution in [-0.2, 0) is 25.9 Å². The van der Waals surface area contributed by atoms with E-state index in [0.29, 0.717) is 27.7 Å². The van der Waals surface area contributed by atoms with Gasteiger partial charge in [0.2, 0.25) is 0 Å². The Bertz CT molecular complexity index is 1130. The van der Waals surface area contributed by atoms with Crippen LogP contribution in [0.5, 0.6) is 0 Å². The number of halogens is 6. The first-order chi connectivity index (χ1) is 14.3. The monoisotopic (exact) mass is 445 g/mol. The second-order valence-electron chi connectivity index (χ2n) is 6.89. The van der Waals surface area contributed by atoms with E-state index in [9.17, 15) is 31.1 Å². The molecule has 2 aromatic heterocycles. The van der Waals surface area contributed by atoms with E-state index in [1.807, 2.05) is 0 Å². The zero-order valence-electron chi connectivity index (χ0n) is 16.6. The lowest BCUT2D eigenvalue weighted by molar-refractivity contribution is -0.143. The Hall–Kier alpha value is -3.31. The zero-order valence-corrected chi connectivity index (χ0v) is 16.6. The summed E-state index contributed by atoms with van der Waals surface area (Å²) in [5, 5.41) is 10.3. The van der Waals surface area contributed by atoms with Gasteiger partial charge in [0.25, 0.3) is 5.91 Å². The summed E-state index contributed by atoms with van der Waals surface area (Å²) >= 11 is 0. The van der Waals surface area contributed by atoms with E-state index in [-0.39, 0.29) is 12.2 Å². The average Bonchev–Trinajstić information content (AvgIpc) is 3.17. The zero-order chi connectivity index (χ0) is 23.1. The SMILES string of the molecule is Cc1nn(Cc2cccc(C(F)(F)F)c2)c(C)c1NC(=O)c1cc(C(F)(F)F)n(C)n1. The lowest BCUT2D eigenvalue weighted by atomic mass is 10.1. The minimum absolute atomic E-state index is 0.00821. The van der Waals surface area contributed by atoms with Gasteiger partial charge in [-0.2, -0.15) is 36.5 Å². The molecule has 6 nitrogen and oxygen atoms in total. The Labute approximate surface area is 172 Å². The number of hydrogen-bond donors (Lipinski definition) is 1. The lowest BCUT2D eigenvalue weighted by Gasteiger charge is -2.10. The highest BCUT2D eigenvalue weighted by Gasteiger charge is 2.36. The number of aryl methyl sites for hydroxylation is 2. The van der Waals surface area contributed by atoms with Crippen LogP contribution in [0.2, 0.25) is 0 Å². The number of carbonyl (C=O) groups excluding carboxylic acids is 1. The van der Waals surface area contributed by atoms with Crippen LogP contribution in [0.25, 0.3) is 0 Å². The van der Waals surface area contributed by atoms with Gasteiger partial charge < -0.3 is 5.32 Å². The number of aromatic nitrogens is 4. The van der Waals surface area contributed by atoms with Gasteiger partial charge in [-0.15, -0.1) is 0 Å². The van der Waals surface area contributed by atoms with Crippen molar-refractivity contribution >= 4 is 11.6 Å². The maximum absolute atomic E-state index is 12.9. The molecular formula is C19H17F6N5O. The van der Waals surface area contributed by atoms with Crippen LogP contribution in [0.4, 0.5) is 32.0 Å². The van der Waals surface area contributed by atoms with Gasteiger partial charge in [-0.05, 0) is 31.5 Å². The predicted octanol–water partition coefficient (Wildman–Crippen LogP) is 4.57. The van der Waals surface area contributed by atoms with Crippen molar-refractivity contribution in [2.45, 2.75) is 32.7 Å². The minimum Gasteiger partial charge on any atom is -0.317 e. The number of amides is 1. The number of hydrogen-bond acceptors (Lipinski definition) is 3. The molecule has 0 saturated heterocycles. The molecule has 0 bridgehead atoms. The molecule has 12 heteroatoms. The number of carbonyl (C=O) groups is 1. The van der Waals surface area contributed by atoms with Crippen LogP contribution in [0.15, 0.2) is 30.3 Å². The quantitative estimate of drug-likeness (QED) is 0.599. The molecule has 166 valence electrons. The normalized spacial score (nSPS) is 12.3. The highest BCUT2D eigenvalue weighted by Crippen LogP contribution is 2.31. The number of anilines is 1. The van der Waals surface area contributed by atoms with Gasteiger partial charge in [0, 0.05) is 13.1 Å². The highest BCUT2D eigenvalue weighted by atomic mass is 19.4. The van der Waals surface area contributed by atoms with Gasteiger partial charge in [-0.25, -0.2) is 0 Å². The standard InChI is InChI=1S/C19H17F6N5O/c1-10-16(26-17(31)14-8-15(19(23,24)25)29(3)28-14)11(2)30(27-10)9-12-5-4-6-13(7-12)18(20,21)22/h4-8H,9H2,1-3H3,(H,26,31). The molecule has 3 rings (SSSR count). The van der Waals surface area contributed by atoms with Crippen molar-refractivity contribution in [3.63, 3.8) is 0 Å². The summed E-state index contributed by atoms with van der Waals surface area (Å²) in [6.07, 6.45) is -9.15. The molecule has 0 radical (unpaired) electrons. The number of nitrogens with one attached hydrogen (secondary N) is 1. The van der Waals surface area contributed by atoms with Crippen LogP contribution in [-0.4, -0.2) is 25.5 Å². The third-order valence-electron chi connectivity index (χ3n) is 4.61. The molecule has 2 heterocycles. The van der Waals surface area contributed by atoms with Crippen molar-refractivity contribution < 1.29 is 31.1 Å².